The van der Waals surface area contributed by atoms with Crippen LogP contribution in [0.5, 0.6) is 0 Å². The molecule has 0 aromatic rings. The summed E-state index contributed by atoms with van der Waals surface area (Å²) in [5.74, 6) is 0.0238. The van der Waals surface area contributed by atoms with Crippen LogP contribution in [-0.4, -0.2) is 25.0 Å². The first-order valence-corrected chi connectivity index (χ1v) is 5.04. The van der Waals surface area contributed by atoms with Gasteiger partial charge in [-0.1, -0.05) is 13.8 Å². The molecule has 0 atom stereocenters. The molecule has 0 heterocycles. The van der Waals surface area contributed by atoms with E-state index in [4.69, 9.17) is 5.26 Å². The highest BCUT2D eigenvalue weighted by atomic mass is 16.1. The smallest absolute Gasteiger partial charge is 0.233 e. The first kappa shape index (κ1) is 12.9. The van der Waals surface area contributed by atoms with Crippen molar-refractivity contribution in [3.63, 3.8) is 0 Å². The third-order valence-electron chi connectivity index (χ3n) is 1.71. The zero-order valence-corrected chi connectivity index (χ0v) is 8.97. The van der Waals surface area contributed by atoms with Gasteiger partial charge in [0.05, 0.1) is 12.6 Å². The molecule has 0 aliphatic carbocycles. The van der Waals surface area contributed by atoms with Crippen molar-refractivity contribution in [1.82, 2.24) is 10.6 Å². The fraction of sp³-hybridized carbons (Fsp3) is 0.800. The molecule has 0 saturated heterocycles. The van der Waals surface area contributed by atoms with Crippen molar-refractivity contribution in [3.05, 3.63) is 0 Å². The van der Waals surface area contributed by atoms with Gasteiger partial charge in [-0.15, -0.1) is 0 Å². The molecule has 0 spiro atoms. The summed E-state index contributed by atoms with van der Waals surface area (Å²) in [7, 11) is 0. The molecular formula is C10H19N3O. The van der Waals surface area contributed by atoms with Crippen LogP contribution in [0.25, 0.3) is 0 Å². The van der Waals surface area contributed by atoms with Crippen LogP contribution in [0, 0.1) is 11.3 Å². The van der Waals surface area contributed by atoms with Gasteiger partial charge in [0.15, 0.2) is 0 Å². The molecule has 0 fully saturated rings. The average Bonchev–Trinajstić information content (AvgIpc) is 2.14. The maximum Gasteiger partial charge on any atom is 0.233 e. The first-order chi connectivity index (χ1) is 6.66. The highest BCUT2D eigenvalue weighted by molar-refractivity contribution is 5.77. The number of hydrogen-bond donors (Lipinski definition) is 2. The lowest BCUT2D eigenvalue weighted by Gasteiger charge is -2.08. The second kappa shape index (κ2) is 8.52. The molecule has 0 saturated carbocycles. The third-order valence-corrected chi connectivity index (χ3v) is 1.71. The SMILES string of the molecule is CC(C)NCC(=O)NCCCCC#N. The lowest BCUT2D eigenvalue weighted by molar-refractivity contribution is -0.120. The molecule has 0 unspecified atom stereocenters. The Hall–Kier alpha value is -1.08. The quantitative estimate of drug-likeness (QED) is 0.593. The fourth-order valence-electron chi connectivity index (χ4n) is 0.916. The van der Waals surface area contributed by atoms with Crippen LogP contribution in [-0.2, 0) is 4.79 Å². The van der Waals surface area contributed by atoms with E-state index in [1.807, 2.05) is 13.8 Å². The van der Waals surface area contributed by atoms with Crippen LogP contribution in [0.1, 0.15) is 33.1 Å². The topological polar surface area (TPSA) is 64.9 Å². The number of hydrogen-bond acceptors (Lipinski definition) is 3. The molecule has 0 radical (unpaired) electrons. The van der Waals surface area contributed by atoms with E-state index >= 15 is 0 Å². The standard InChI is InChI=1S/C10H19N3O/c1-9(2)13-8-10(14)12-7-5-3-4-6-11/h9,13H,3-5,7-8H2,1-2H3,(H,12,14). The van der Waals surface area contributed by atoms with Crippen LogP contribution in [0.15, 0.2) is 0 Å². The molecule has 1 amide bonds. The minimum atomic E-state index is 0.0238. The monoisotopic (exact) mass is 197 g/mol. The molecule has 4 nitrogen and oxygen atoms in total. The predicted octanol–water partition coefficient (Wildman–Crippen LogP) is 0.794. The van der Waals surface area contributed by atoms with E-state index in [0.29, 0.717) is 25.6 Å². The van der Waals surface area contributed by atoms with Crippen LogP contribution in [0.4, 0.5) is 0 Å². The number of carbonyl (C=O) groups excluding carboxylic acids is 1. The van der Waals surface area contributed by atoms with Crippen LogP contribution in [0.3, 0.4) is 0 Å². The Labute approximate surface area is 85.7 Å². The van der Waals surface area contributed by atoms with E-state index in [1.54, 1.807) is 0 Å². The van der Waals surface area contributed by atoms with E-state index in [0.717, 1.165) is 12.8 Å². The third kappa shape index (κ3) is 9.01. The zero-order chi connectivity index (χ0) is 10.8. The van der Waals surface area contributed by atoms with Crippen molar-refractivity contribution in [2.75, 3.05) is 13.1 Å². The van der Waals surface area contributed by atoms with Crippen molar-refractivity contribution >= 4 is 5.91 Å². The van der Waals surface area contributed by atoms with Gasteiger partial charge < -0.3 is 10.6 Å². The summed E-state index contributed by atoms with van der Waals surface area (Å²) in [6, 6.07) is 2.40. The minimum absolute atomic E-state index is 0.0238. The first-order valence-electron chi connectivity index (χ1n) is 5.04. The number of rotatable bonds is 7. The zero-order valence-electron chi connectivity index (χ0n) is 8.97. The van der Waals surface area contributed by atoms with Gasteiger partial charge in [0.1, 0.15) is 0 Å². The summed E-state index contributed by atoms with van der Waals surface area (Å²) >= 11 is 0. The number of nitrogens with one attached hydrogen (secondary N) is 2. The molecule has 0 aromatic carbocycles. The van der Waals surface area contributed by atoms with Crippen molar-refractivity contribution in [3.8, 4) is 6.07 Å². The Morgan fingerprint density at radius 1 is 1.43 bits per heavy atom. The maximum absolute atomic E-state index is 11.1. The Morgan fingerprint density at radius 2 is 2.14 bits per heavy atom. The fourth-order valence-corrected chi connectivity index (χ4v) is 0.916. The summed E-state index contributed by atoms with van der Waals surface area (Å²) in [5, 5.41) is 14.1. The Balaban J connectivity index is 3.24. The van der Waals surface area contributed by atoms with E-state index in [1.165, 1.54) is 0 Å². The van der Waals surface area contributed by atoms with Gasteiger partial charge in [-0.05, 0) is 12.8 Å². The molecule has 4 heteroatoms. The number of amides is 1. The van der Waals surface area contributed by atoms with Gasteiger partial charge in [-0.25, -0.2) is 0 Å². The normalized spacial score (nSPS) is 9.86. The molecule has 0 aliphatic heterocycles. The summed E-state index contributed by atoms with van der Waals surface area (Å²) in [5.41, 5.74) is 0. The molecule has 2 N–H and O–H groups in total. The molecule has 80 valence electrons. The van der Waals surface area contributed by atoms with Crippen molar-refractivity contribution in [1.29, 1.82) is 5.26 Å². The van der Waals surface area contributed by atoms with Gasteiger partial charge in [0.25, 0.3) is 0 Å². The average molecular weight is 197 g/mol. The van der Waals surface area contributed by atoms with Crippen LogP contribution >= 0.6 is 0 Å². The second-order valence-corrected chi connectivity index (χ2v) is 3.50. The molecular weight excluding hydrogens is 178 g/mol. The van der Waals surface area contributed by atoms with Gasteiger partial charge in [-0.3, -0.25) is 4.79 Å². The van der Waals surface area contributed by atoms with E-state index < -0.39 is 0 Å². The molecule has 14 heavy (non-hydrogen) atoms. The van der Waals surface area contributed by atoms with E-state index in [2.05, 4.69) is 16.7 Å². The maximum atomic E-state index is 11.1. The Bertz CT molecular complexity index is 196. The number of carbonyl (C=O) groups is 1. The Morgan fingerprint density at radius 3 is 2.71 bits per heavy atom. The highest BCUT2D eigenvalue weighted by Gasteiger charge is 2.00. The van der Waals surface area contributed by atoms with Gasteiger partial charge >= 0.3 is 0 Å². The van der Waals surface area contributed by atoms with Crippen molar-refractivity contribution in [2.24, 2.45) is 0 Å². The van der Waals surface area contributed by atoms with Crippen molar-refractivity contribution < 1.29 is 4.79 Å². The summed E-state index contributed by atoms with van der Waals surface area (Å²) in [6.07, 6.45) is 2.30. The van der Waals surface area contributed by atoms with Gasteiger partial charge in [0.2, 0.25) is 5.91 Å². The summed E-state index contributed by atoms with van der Waals surface area (Å²) in [4.78, 5) is 11.1. The highest BCUT2D eigenvalue weighted by Crippen LogP contribution is 1.90. The second-order valence-electron chi connectivity index (χ2n) is 3.50. The van der Waals surface area contributed by atoms with Gasteiger partial charge in [0, 0.05) is 19.0 Å². The number of nitrogens with zero attached hydrogens (tertiary/aromatic N) is 1. The van der Waals surface area contributed by atoms with Crippen LogP contribution < -0.4 is 10.6 Å². The predicted molar refractivity (Wildman–Crippen MR) is 55.6 cm³/mol. The lowest BCUT2D eigenvalue weighted by Crippen LogP contribution is -2.37. The lowest BCUT2D eigenvalue weighted by atomic mass is 10.2. The molecule has 0 aliphatic rings. The largest absolute Gasteiger partial charge is 0.355 e. The number of nitriles is 1. The minimum Gasteiger partial charge on any atom is -0.355 e. The summed E-state index contributed by atoms with van der Waals surface area (Å²) in [6.45, 7) is 5.04. The van der Waals surface area contributed by atoms with Crippen molar-refractivity contribution in [2.45, 2.75) is 39.2 Å². The van der Waals surface area contributed by atoms with E-state index in [9.17, 15) is 4.79 Å². The molecule has 0 bridgehead atoms. The number of unbranched alkanes of at least 4 members (excludes halogenated alkanes) is 2. The van der Waals surface area contributed by atoms with Gasteiger partial charge in [-0.2, -0.15) is 5.26 Å². The molecule has 0 aromatic heterocycles. The Kier molecular flexibility index (Phi) is 7.86. The molecule has 0 rings (SSSR count). The summed E-state index contributed by atoms with van der Waals surface area (Å²) < 4.78 is 0. The van der Waals surface area contributed by atoms with E-state index in [-0.39, 0.29) is 5.91 Å². The van der Waals surface area contributed by atoms with Crippen LogP contribution in [0.2, 0.25) is 0 Å².